The Bertz CT molecular complexity index is 711. The van der Waals surface area contributed by atoms with Gasteiger partial charge < -0.3 is 4.74 Å². The molecule has 2 atom stereocenters. The third-order valence-corrected chi connectivity index (χ3v) is 6.11. The molecule has 2 aromatic rings. The van der Waals surface area contributed by atoms with Crippen LogP contribution in [0, 0.1) is 5.92 Å². The van der Waals surface area contributed by atoms with Crippen molar-refractivity contribution in [3.8, 4) is 0 Å². The molecule has 1 aromatic heterocycles. The van der Waals surface area contributed by atoms with E-state index < -0.39 is 28.0 Å². The number of hydrogen-bond acceptors (Lipinski definition) is 5. The predicted octanol–water partition coefficient (Wildman–Crippen LogP) is 2.58. The van der Waals surface area contributed by atoms with Gasteiger partial charge in [-0.2, -0.15) is 0 Å². The Morgan fingerprint density at radius 1 is 1.18 bits per heavy atom. The molecule has 7 heteroatoms. The summed E-state index contributed by atoms with van der Waals surface area (Å²) >= 11 is 1.13. The van der Waals surface area contributed by atoms with Gasteiger partial charge >= 0.3 is 5.97 Å². The number of esters is 1. The predicted molar refractivity (Wildman–Crippen MR) is 85.0 cm³/mol. The van der Waals surface area contributed by atoms with Crippen LogP contribution in [-0.4, -0.2) is 21.5 Å². The maximum absolute atomic E-state index is 12.4. The number of benzene rings is 1. The van der Waals surface area contributed by atoms with Crippen molar-refractivity contribution in [1.82, 2.24) is 4.72 Å². The van der Waals surface area contributed by atoms with Crippen LogP contribution in [0.3, 0.4) is 0 Å². The van der Waals surface area contributed by atoms with Crippen molar-refractivity contribution >= 4 is 27.3 Å². The third kappa shape index (κ3) is 3.73. The highest BCUT2D eigenvalue weighted by Crippen LogP contribution is 2.26. The molecule has 0 aliphatic rings. The molecule has 0 saturated carbocycles. The number of methoxy groups -OCH3 is 1. The van der Waals surface area contributed by atoms with Crippen LogP contribution in [0.1, 0.15) is 18.5 Å². The van der Waals surface area contributed by atoms with Crippen LogP contribution in [0.2, 0.25) is 0 Å². The van der Waals surface area contributed by atoms with E-state index in [1.165, 1.54) is 13.2 Å². The SMILES string of the molecule is COC(=O)[C@@H](C)[C@H](NS(=O)(=O)c1cccs1)c1ccccc1. The number of thiophene rings is 1. The fraction of sp³-hybridized carbons (Fsp3) is 0.267. The second-order valence-corrected chi connectivity index (χ2v) is 7.64. The molecule has 0 fully saturated rings. The molecular formula is C15H17NO4S2. The zero-order chi connectivity index (χ0) is 16.2. The minimum Gasteiger partial charge on any atom is -0.469 e. The van der Waals surface area contributed by atoms with Gasteiger partial charge in [-0.05, 0) is 17.0 Å². The van der Waals surface area contributed by atoms with Crippen LogP contribution >= 0.6 is 11.3 Å². The van der Waals surface area contributed by atoms with Gasteiger partial charge in [-0.15, -0.1) is 11.3 Å². The molecule has 2 rings (SSSR count). The molecule has 118 valence electrons. The highest BCUT2D eigenvalue weighted by molar-refractivity contribution is 7.91. The van der Waals surface area contributed by atoms with Gasteiger partial charge in [0.2, 0.25) is 0 Å². The molecule has 5 nitrogen and oxygen atoms in total. The van der Waals surface area contributed by atoms with E-state index in [-0.39, 0.29) is 4.21 Å². The van der Waals surface area contributed by atoms with E-state index in [9.17, 15) is 13.2 Å². The van der Waals surface area contributed by atoms with E-state index in [2.05, 4.69) is 4.72 Å². The smallest absolute Gasteiger partial charge is 0.310 e. The van der Waals surface area contributed by atoms with Crippen molar-refractivity contribution in [2.24, 2.45) is 5.92 Å². The quantitative estimate of drug-likeness (QED) is 0.821. The monoisotopic (exact) mass is 339 g/mol. The third-order valence-electron chi connectivity index (χ3n) is 3.27. The van der Waals surface area contributed by atoms with Gasteiger partial charge in [-0.1, -0.05) is 43.3 Å². The van der Waals surface area contributed by atoms with Crippen LogP contribution in [0.25, 0.3) is 0 Å². The summed E-state index contributed by atoms with van der Waals surface area (Å²) in [5, 5.41) is 1.69. The lowest BCUT2D eigenvalue weighted by Crippen LogP contribution is -2.35. The topological polar surface area (TPSA) is 72.5 Å². The molecule has 1 aromatic carbocycles. The Labute approximate surface area is 134 Å². The van der Waals surface area contributed by atoms with Crippen LogP contribution in [0.4, 0.5) is 0 Å². The Balaban J connectivity index is 2.35. The molecule has 1 heterocycles. The second-order valence-electron chi connectivity index (χ2n) is 4.75. The van der Waals surface area contributed by atoms with Crippen molar-refractivity contribution in [1.29, 1.82) is 0 Å². The van der Waals surface area contributed by atoms with E-state index in [1.54, 1.807) is 42.6 Å². The van der Waals surface area contributed by atoms with Crippen LogP contribution in [0.15, 0.2) is 52.1 Å². The van der Waals surface area contributed by atoms with Crippen LogP contribution < -0.4 is 4.72 Å². The Hall–Kier alpha value is -1.70. The first-order valence-electron chi connectivity index (χ1n) is 6.64. The number of sulfonamides is 1. The summed E-state index contributed by atoms with van der Waals surface area (Å²) in [7, 11) is -2.40. The van der Waals surface area contributed by atoms with Gasteiger partial charge in [0.25, 0.3) is 10.0 Å². The minimum absolute atomic E-state index is 0.213. The van der Waals surface area contributed by atoms with Gasteiger partial charge in [0.1, 0.15) is 4.21 Å². The molecule has 0 saturated heterocycles. The normalized spacial score (nSPS) is 14.3. The van der Waals surface area contributed by atoms with Gasteiger partial charge in [0, 0.05) is 0 Å². The molecule has 0 bridgehead atoms. The van der Waals surface area contributed by atoms with Gasteiger partial charge in [0.05, 0.1) is 19.1 Å². The molecule has 0 unspecified atom stereocenters. The average molecular weight is 339 g/mol. The molecule has 0 aliphatic heterocycles. The van der Waals surface area contributed by atoms with Crippen molar-refractivity contribution in [2.45, 2.75) is 17.2 Å². The first kappa shape index (κ1) is 16.7. The highest BCUT2D eigenvalue weighted by Gasteiger charge is 2.31. The maximum atomic E-state index is 12.4. The maximum Gasteiger partial charge on any atom is 0.310 e. The number of ether oxygens (including phenoxy) is 1. The summed E-state index contributed by atoms with van der Waals surface area (Å²) in [5.41, 5.74) is 0.709. The number of carbonyl (C=O) groups excluding carboxylic acids is 1. The molecular weight excluding hydrogens is 322 g/mol. The first-order chi connectivity index (χ1) is 10.5. The molecule has 0 amide bonds. The number of rotatable bonds is 6. The van der Waals surface area contributed by atoms with Crippen molar-refractivity contribution in [2.75, 3.05) is 7.11 Å². The van der Waals surface area contributed by atoms with Crippen molar-refractivity contribution < 1.29 is 17.9 Å². The number of hydrogen-bond donors (Lipinski definition) is 1. The Kier molecular flexibility index (Phi) is 5.33. The summed E-state index contributed by atoms with van der Waals surface area (Å²) in [6, 6.07) is 11.5. The zero-order valence-corrected chi connectivity index (χ0v) is 13.9. The van der Waals surface area contributed by atoms with E-state index in [1.807, 2.05) is 6.07 Å². The lowest BCUT2D eigenvalue weighted by molar-refractivity contribution is -0.145. The van der Waals surface area contributed by atoms with E-state index in [4.69, 9.17) is 4.74 Å². The molecule has 0 aliphatic carbocycles. The van der Waals surface area contributed by atoms with Gasteiger partial charge in [-0.25, -0.2) is 13.1 Å². The van der Waals surface area contributed by atoms with Crippen molar-refractivity contribution in [3.63, 3.8) is 0 Å². The number of carbonyl (C=O) groups is 1. The van der Waals surface area contributed by atoms with E-state index in [0.717, 1.165) is 11.3 Å². The minimum atomic E-state index is -3.69. The summed E-state index contributed by atoms with van der Waals surface area (Å²) in [4.78, 5) is 11.8. The lowest BCUT2D eigenvalue weighted by atomic mass is 9.95. The second kappa shape index (κ2) is 7.04. The zero-order valence-electron chi connectivity index (χ0n) is 12.2. The number of nitrogens with one attached hydrogen (secondary N) is 1. The van der Waals surface area contributed by atoms with E-state index in [0.29, 0.717) is 5.56 Å². The average Bonchev–Trinajstić information content (AvgIpc) is 3.07. The van der Waals surface area contributed by atoms with Gasteiger partial charge in [0.15, 0.2) is 0 Å². The standard InChI is InChI=1S/C15H17NO4S2/c1-11(15(17)20-2)14(12-7-4-3-5-8-12)16-22(18,19)13-9-6-10-21-13/h3-11,14,16H,1-2H3/t11-,14-/m0/s1. The Morgan fingerprint density at radius 3 is 2.41 bits per heavy atom. The Morgan fingerprint density at radius 2 is 1.86 bits per heavy atom. The van der Waals surface area contributed by atoms with E-state index >= 15 is 0 Å². The fourth-order valence-electron chi connectivity index (χ4n) is 2.08. The van der Waals surface area contributed by atoms with Crippen LogP contribution in [0.5, 0.6) is 0 Å². The first-order valence-corrected chi connectivity index (χ1v) is 9.00. The summed E-state index contributed by atoms with van der Waals surface area (Å²) in [5.74, 6) is -1.12. The summed E-state index contributed by atoms with van der Waals surface area (Å²) < 4.78 is 32.4. The fourth-order valence-corrected chi connectivity index (χ4v) is 4.40. The molecule has 0 spiro atoms. The van der Waals surface area contributed by atoms with Crippen LogP contribution in [-0.2, 0) is 19.6 Å². The molecule has 0 radical (unpaired) electrons. The summed E-state index contributed by atoms with van der Waals surface area (Å²) in [6.45, 7) is 1.64. The van der Waals surface area contributed by atoms with Crippen molar-refractivity contribution in [3.05, 3.63) is 53.4 Å². The van der Waals surface area contributed by atoms with Gasteiger partial charge in [-0.3, -0.25) is 4.79 Å². The lowest BCUT2D eigenvalue weighted by Gasteiger charge is -2.23. The highest BCUT2D eigenvalue weighted by atomic mass is 32.2. The molecule has 1 N–H and O–H groups in total. The molecule has 22 heavy (non-hydrogen) atoms. The largest absolute Gasteiger partial charge is 0.469 e. The summed E-state index contributed by atoms with van der Waals surface area (Å²) in [6.07, 6.45) is 0.